The minimum atomic E-state index is -0.923. The Labute approximate surface area is 299 Å². The number of piperazine rings is 1. The minimum absolute atomic E-state index is 0.203. The molecule has 0 spiro atoms. The normalized spacial score (nSPS) is 17.3. The molecule has 7 nitrogen and oxygen atoms in total. The number of nitrogens with one attached hydrogen (secondary N) is 1. The Kier molecular flexibility index (Phi) is 12.5. The Hall–Kier alpha value is -3.56. The van der Waals surface area contributed by atoms with Crippen LogP contribution in [0.15, 0.2) is 96.7 Å². The average Bonchev–Trinajstić information content (AvgIpc) is 3.29. The quantitative estimate of drug-likeness (QED) is 0.189. The van der Waals surface area contributed by atoms with Crippen molar-refractivity contribution in [3.8, 4) is 0 Å². The number of ether oxygens (including phenoxy) is 1. The highest BCUT2D eigenvalue weighted by molar-refractivity contribution is 6.31. The van der Waals surface area contributed by atoms with Crippen molar-refractivity contribution in [1.82, 2.24) is 20.1 Å². The van der Waals surface area contributed by atoms with Gasteiger partial charge in [0.25, 0.3) is 0 Å². The van der Waals surface area contributed by atoms with Crippen molar-refractivity contribution >= 4 is 34.7 Å². The van der Waals surface area contributed by atoms with E-state index in [0.29, 0.717) is 6.61 Å². The molecule has 49 heavy (non-hydrogen) atoms. The van der Waals surface area contributed by atoms with E-state index in [4.69, 9.17) is 38.0 Å². The molecule has 4 aromatic rings. The van der Waals surface area contributed by atoms with Crippen molar-refractivity contribution in [3.05, 3.63) is 140 Å². The summed E-state index contributed by atoms with van der Waals surface area (Å²) in [6.45, 7) is 6.87. The van der Waals surface area contributed by atoms with E-state index in [1.807, 2.05) is 36.5 Å². The summed E-state index contributed by atoms with van der Waals surface area (Å²) in [5.74, 6) is -0.923. The maximum Gasteiger partial charge on any atom is 0.329 e. The highest BCUT2D eigenvalue weighted by Gasteiger charge is 2.27. The van der Waals surface area contributed by atoms with Crippen LogP contribution in [0.3, 0.4) is 0 Å². The van der Waals surface area contributed by atoms with Crippen LogP contribution in [0.4, 0.5) is 0 Å². The third-order valence-electron chi connectivity index (χ3n) is 9.54. The molecule has 2 fully saturated rings. The van der Waals surface area contributed by atoms with Crippen molar-refractivity contribution in [1.29, 1.82) is 0 Å². The second-order valence-corrected chi connectivity index (χ2v) is 13.6. The summed E-state index contributed by atoms with van der Waals surface area (Å²) in [5.41, 5.74) is 10.6. The van der Waals surface area contributed by atoms with Crippen LogP contribution in [0.5, 0.6) is 0 Å². The number of benzene rings is 3. The van der Waals surface area contributed by atoms with Crippen molar-refractivity contribution in [2.24, 2.45) is 0 Å². The van der Waals surface area contributed by atoms with Crippen molar-refractivity contribution in [3.63, 3.8) is 0 Å². The first-order chi connectivity index (χ1) is 24.0. The number of piperidine rings is 1. The Balaban J connectivity index is 0.000000173. The number of carboxylic acid groups (broad SMARTS) is 1. The second kappa shape index (κ2) is 17.4. The first-order valence-electron chi connectivity index (χ1n) is 17.2. The molecule has 0 bridgehead atoms. The third kappa shape index (κ3) is 9.37. The maximum absolute atomic E-state index is 10.5. The van der Waals surface area contributed by atoms with E-state index in [1.165, 1.54) is 44.7 Å². The molecule has 2 aliphatic heterocycles. The van der Waals surface area contributed by atoms with Crippen LogP contribution in [0.25, 0.3) is 5.57 Å². The van der Waals surface area contributed by atoms with E-state index in [9.17, 15) is 4.79 Å². The van der Waals surface area contributed by atoms with Gasteiger partial charge in [0.05, 0.1) is 18.3 Å². The minimum Gasteiger partial charge on any atom is -0.480 e. The molecular formula is C40H44Cl2N4O3. The van der Waals surface area contributed by atoms with E-state index in [2.05, 4.69) is 69.7 Å². The zero-order valence-corrected chi connectivity index (χ0v) is 29.3. The van der Waals surface area contributed by atoms with Crippen LogP contribution in [0.1, 0.15) is 52.4 Å². The van der Waals surface area contributed by atoms with Crippen LogP contribution < -0.4 is 5.32 Å². The highest BCUT2D eigenvalue weighted by Crippen LogP contribution is 2.38. The van der Waals surface area contributed by atoms with Gasteiger partial charge in [-0.05, 0) is 96.9 Å². The molecule has 2 N–H and O–H groups in total. The first-order valence-corrected chi connectivity index (χ1v) is 17.9. The molecule has 0 amide bonds. The molecule has 3 aliphatic rings. The number of carbonyl (C=O) groups is 1. The number of fused-ring (bicyclic) bond motifs is 2. The molecule has 9 heteroatoms. The van der Waals surface area contributed by atoms with Gasteiger partial charge in [-0.2, -0.15) is 0 Å². The number of hydrogen-bond acceptors (Lipinski definition) is 6. The van der Waals surface area contributed by atoms with Gasteiger partial charge in [0.15, 0.2) is 0 Å². The molecule has 1 unspecified atom stereocenters. The van der Waals surface area contributed by atoms with E-state index < -0.39 is 5.97 Å². The molecule has 1 atom stereocenters. The molecule has 7 rings (SSSR count). The van der Waals surface area contributed by atoms with Crippen LogP contribution in [0.2, 0.25) is 10.0 Å². The fourth-order valence-electron chi connectivity index (χ4n) is 7.10. The van der Waals surface area contributed by atoms with Gasteiger partial charge in [0.2, 0.25) is 0 Å². The number of pyridine rings is 1. The number of aliphatic carboxylic acids is 1. The Morgan fingerprint density at radius 1 is 0.816 bits per heavy atom. The lowest BCUT2D eigenvalue weighted by molar-refractivity contribution is -0.142. The number of aryl methyl sites for hydroxylation is 2. The van der Waals surface area contributed by atoms with Crippen molar-refractivity contribution in [2.75, 3.05) is 59.0 Å². The van der Waals surface area contributed by atoms with Gasteiger partial charge in [-0.15, -0.1) is 0 Å². The number of nitrogens with zero attached hydrogens (tertiary/aromatic N) is 3. The summed E-state index contributed by atoms with van der Waals surface area (Å²) in [4.78, 5) is 20.1. The molecule has 1 aromatic heterocycles. The highest BCUT2D eigenvalue weighted by atomic mass is 35.5. The number of carboxylic acids is 1. The smallest absolute Gasteiger partial charge is 0.329 e. The summed E-state index contributed by atoms with van der Waals surface area (Å²) < 4.78 is 5.15. The summed E-state index contributed by atoms with van der Waals surface area (Å²) in [6.07, 6.45) is 6.19. The fraction of sp³-hybridized carbons (Fsp3) is 0.350. The van der Waals surface area contributed by atoms with Gasteiger partial charge in [-0.25, -0.2) is 4.79 Å². The largest absolute Gasteiger partial charge is 0.480 e. The summed E-state index contributed by atoms with van der Waals surface area (Å²) in [7, 11) is 0. The van der Waals surface area contributed by atoms with Gasteiger partial charge in [0.1, 0.15) is 6.61 Å². The average molecular weight is 700 g/mol. The maximum atomic E-state index is 10.5. The summed E-state index contributed by atoms with van der Waals surface area (Å²) in [6, 6.07) is 29.4. The number of halogens is 2. The van der Waals surface area contributed by atoms with Crippen LogP contribution >= 0.6 is 23.2 Å². The number of rotatable bonds is 8. The van der Waals surface area contributed by atoms with Gasteiger partial charge < -0.3 is 15.2 Å². The van der Waals surface area contributed by atoms with E-state index >= 15 is 0 Å². The number of hydrogen-bond donors (Lipinski definition) is 2. The van der Waals surface area contributed by atoms with Crippen LogP contribution in [-0.4, -0.2) is 84.9 Å². The summed E-state index contributed by atoms with van der Waals surface area (Å²) >= 11 is 12.3. The zero-order chi connectivity index (χ0) is 34.0. The Bertz CT molecular complexity index is 1720. The van der Waals surface area contributed by atoms with E-state index in [0.717, 1.165) is 81.5 Å². The fourth-order valence-corrected chi connectivity index (χ4v) is 7.43. The molecule has 3 aromatic carbocycles. The molecule has 3 heterocycles. The van der Waals surface area contributed by atoms with Crippen LogP contribution in [-0.2, 0) is 22.4 Å². The van der Waals surface area contributed by atoms with Crippen LogP contribution in [0, 0.1) is 0 Å². The summed E-state index contributed by atoms with van der Waals surface area (Å²) in [5, 5.41) is 13.7. The molecule has 1 aliphatic carbocycles. The Morgan fingerprint density at radius 2 is 1.51 bits per heavy atom. The molecule has 2 saturated heterocycles. The van der Waals surface area contributed by atoms with Crippen molar-refractivity contribution in [2.45, 2.75) is 31.7 Å². The number of aromatic nitrogens is 1. The van der Waals surface area contributed by atoms with Crippen molar-refractivity contribution < 1.29 is 14.6 Å². The Morgan fingerprint density at radius 3 is 2.24 bits per heavy atom. The van der Waals surface area contributed by atoms with Gasteiger partial charge >= 0.3 is 5.97 Å². The molecular weight excluding hydrogens is 655 g/mol. The lowest BCUT2D eigenvalue weighted by Crippen LogP contribution is -2.48. The first kappa shape index (κ1) is 35.3. The third-order valence-corrected chi connectivity index (χ3v) is 10.0. The SMILES string of the molecule is Clc1ccc2c(c1)CCc1cccnc1C2=C1CCNCC1.O=C(O)COCCN1CCN(C(c2ccccc2)c2ccc(Cl)cc2)CC1. The monoisotopic (exact) mass is 698 g/mol. The predicted octanol–water partition coefficient (Wildman–Crippen LogP) is 7.17. The topological polar surface area (TPSA) is 77.9 Å². The zero-order valence-electron chi connectivity index (χ0n) is 27.8. The molecule has 0 saturated carbocycles. The second-order valence-electron chi connectivity index (χ2n) is 12.7. The predicted molar refractivity (Wildman–Crippen MR) is 197 cm³/mol. The van der Waals surface area contributed by atoms with Gasteiger partial charge in [-0.1, -0.05) is 83.4 Å². The van der Waals surface area contributed by atoms with Gasteiger partial charge in [0, 0.05) is 54.5 Å². The van der Waals surface area contributed by atoms with Gasteiger partial charge in [-0.3, -0.25) is 14.8 Å². The van der Waals surface area contributed by atoms with E-state index in [1.54, 1.807) is 0 Å². The van der Waals surface area contributed by atoms with E-state index in [-0.39, 0.29) is 12.6 Å². The lowest BCUT2D eigenvalue weighted by Gasteiger charge is -2.39. The molecule has 256 valence electrons. The standard InChI is InChI=1S/C21H25ClN2O3.C19H19ClN2/c22-19-8-6-18(7-9-19)21(17-4-2-1-3-5-17)24-12-10-23(11-13-24)14-15-27-16-20(25)26;20-16-5-6-17-15(12-16)4-3-14-2-1-9-22-19(14)18(17)13-7-10-21-11-8-13/h1-9,21H,10-16H2,(H,25,26);1-2,5-6,9,12,21H,3-4,7-8,10-11H2. The molecule has 0 radical (unpaired) electrons. The lowest BCUT2D eigenvalue weighted by atomic mass is 9.89.